The summed E-state index contributed by atoms with van der Waals surface area (Å²) < 4.78 is 20.0. The predicted octanol–water partition coefficient (Wildman–Crippen LogP) is 3.26. The number of hydrogen-bond donors (Lipinski definition) is 1. The Hall–Kier alpha value is -2.16. The highest BCUT2D eigenvalue weighted by atomic mass is 31.2. The van der Waals surface area contributed by atoms with Crippen LogP contribution in [0.25, 0.3) is 0 Å². The highest BCUT2D eigenvalue weighted by molar-refractivity contribution is 7.79. The van der Waals surface area contributed by atoms with Crippen LogP contribution in [0, 0.1) is 0 Å². The van der Waals surface area contributed by atoms with Crippen molar-refractivity contribution in [1.82, 2.24) is 0 Å². The van der Waals surface area contributed by atoms with Gasteiger partial charge in [-0.15, -0.1) is 0 Å². The maximum Gasteiger partial charge on any atom is 0.302 e. The lowest BCUT2D eigenvalue weighted by Crippen LogP contribution is -2.35. The Balaban J connectivity index is 2.68. The number of carbonyl (C=O) groups excluding carboxylic acids is 1. The molecule has 26 heavy (non-hydrogen) atoms. The van der Waals surface area contributed by atoms with E-state index in [-0.39, 0.29) is 6.61 Å². The van der Waals surface area contributed by atoms with Crippen molar-refractivity contribution in [2.75, 3.05) is 6.61 Å². The van der Waals surface area contributed by atoms with E-state index in [1.54, 1.807) is 12.2 Å². The summed E-state index contributed by atoms with van der Waals surface area (Å²) in [7, 11) is -3.17. The topological polar surface area (TPSA) is 63.6 Å². The largest absolute Gasteiger partial charge is 0.461 e. The molecule has 2 aromatic carbocycles. The second-order valence-electron chi connectivity index (χ2n) is 5.99. The van der Waals surface area contributed by atoms with Gasteiger partial charge >= 0.3 is 5.97 Å². The SMILES string of the molecule is CC[C@@H](OC(C)=O)[C@@H](/C=C/CO)P(=O)(c1ccccc1)c1ccccc1. The van der Waals surface area contributed by atoms with E-state index in [0.717, 1.165) is 0 Å². The van der Waals surface area contributed by atoms with Crippen LogP contribution in [-0.4, -0.2) is 29.4 Å². The molecule has 0 saturated heterocycles. The normalized spacial score (nSPS) is 14.1. The van der Waals surface area contributed by atoms with E-state index in [4.69, 9.17) is 4.74 Å². The molecule has 0 saturated carbocycles. The standard InChI is InChI=1S/C21H25O4P/c1-3-20(25-17(2)23)21(15-10-16-22)26(24,18-11-6-4-7-12-18)19-13-8-5-9-14-19/h4-15,20-22H,3,16H2,1-2H3/b15-10+/t20-,21-/m1/s1. The lowest BCUT2D eigenvalue weighted by molar-refractivity contribution is -0.146. The molecule has 0 unspecified atom stereocenters. The molecule has 0 aliphatic heterocycles. The summed E-state index contributed by atoms with van der Waals surface area (Å²) in [4.78, 5) is 11.6. The maximum atomic E-state index is 14.5. The van der Waals surface area contributed by atoms with Gasteiger partial charge in [-0.2, -0.15) is 0 Å². The number of aliphatic hydroxyl groups is 1. The first kappa shape index (κ1) is 20.2. The summed E-state index contributed by atoms with van der Waals surface area (Å²) in [6.07, 6.45) is 3.25. The lowest BCUT2D eigenvalue weighted by Gasteiger charge is -2.32. The molecule has 5 heteroatoms. The number of benzene rings is 2. The zero-order valence-electron chi connectivity index (χ0n) is 15.1. The Kier molecular flexibility index (Phi) is 7.38. The van der Waals surface area contributed by atoms with Crippen LogP contribution in [-0.2, 0) is 14.1 Å². The summed E-state index contributed by atoms with van der Waals surface area (Å²) in [6.45, 7) is 3.08. The zero-order chi connectivity index (χ0) is 19.0. The van der Waals surface area contributed by atoms with Gasteiger partial charge in [0.1, 0.15) is 6.10 Å². The second kappa shape index (κ2) is 9.51. The van der Waals surface area contributed by atoms with Crippen molar-refractivity contribution < 1.29 is 19.2 Å². The highest BCUT2D eigenvalue weighted by Crippen LogP contribution is 2.51. The molecule has 4 nitrogen and oxygen atoms in total. The molecule has 1 N–H and O–H groups in total. The van der Waals surface area contributed by atoms with Crippen molar-refractivity contribution in [2.24, 2.45) is 0 Å². The number of carbonyl (C=O) groups is 1. The molecule has 138 valence electrons. The van der Waals surface area contributed by atoms with Gasteiger partial charge in [-0.3, -0.25) is 4.79 Å². The number of rotatable bonds is 8. The highest BCUT2D eigenvalue weighted by Gasteiger charge is 2.40. The minimum Gasteiger partial charge on any atom is -0.461 e. The van der Waals surface area contributed by atoms with E-state index in [1.165, 1.54) is 6.92 Å². The van der Waals surface area contributed by atoms with Crippen molar-refractivity contribution in [3.63, 3.8) is 0 Å². The van der Waals surface area contributed by atoms with E-state index in [1.807, 2.05) is 67.6 Å². The molecule has 0 aliphatic rings. The van der Waals surface area contributed by atoms with Gasteiger partial charge in [0, 0.05) is 17.5 Å². The van der Waals surface area contributed by atoms with Crippen LogP contribution in [0.1, 0.15) is 20.3 Å². The van der Waals surface area contributed by atoms with Crippen LogP contribution in [0.2, 0.25) is 0 Å². The molecule has 0 bridgehead atoms. The monoisotopic (exact) mass is 372 g/mol. The zero-order valence-corrected chi connectivity index (χ0v) is 16.0. The molecular weight excluding hydrogens is 347 g/mol. The Labute approximate surface area is 154 Å². The fourth-order valence-electron chi connectivity index (χ4n) is 3.08. The Bertz CT molecular complexity index is 728. The van der Waals surface area contributed by atoms with E-state index in [9.17, 15) is 14.5 Å². The van der Waals surface area contributed by atoms with E-state index < -0.39 is 24.9 Å². The third-order valence-corrected chi connectivity index (χ3v) is 7.71. The lowest BCUT2D eigenvalue weighted by atomic mass is 10.2. The predicted molar refractivity (Wildman–Crippen MR) is 106 cm³/mol. The fourth-order valence-corrected chi connectivity index (χ4v) is 6.40. The Morgan fingerprint density at radius 1 is 1.08 bits per heavy atom. The quantitative estimate of drug-likeness (QED) is 0.439. The smallest absolute Gasteiger partial charge is 0.302 e. The first-order valence-electron chi connectivity index (χ1n) is 8.69. The average Bonchev–Trinajstić information content (AvgIpc) is 2.68. The Morgan fingerprint density at radius 3 is 1.96 bits per heavy atom. The minimum absolute atomic E-state index is 0.170. The van der Waals surface area contributed by atoms with Crippen molar-refractivity contribution in [3.8, 4) is 0 Å². The molecule has 0 radical (unpaired) electrons. The summed E-state index contributed by atoms with van der Waals surface area (Å²) in [5.41, 5.74) is -0.562. The summed E-state index contributed by atoms with van der Waals surface area (Å²) in [5.74, 6) is -0.410. The van der Waals surface area contributed by atoms with Crippen LogP contribution >= 0.6 is 7.14 Å². The molecule has 0 fully saturated rings. The molecule has 0 aromatic heterocycles. The van der Waals surface area contributed by atoms with Crippen molar-refractivity contribution in [1.29, 1.82) is 0 Å². The van der Waals surface area contributed by atoms with Gasteiger partial charge in [0.15, 0.2) is 7.14 Å². The van der Waals surface area contributed by atoms with Gasteiger partial charge in [-0.25, -0.2) is 0 Å². The van der Waals surface area contributed by atoms with Crippen molar-refractivity contribution in [3.05, 3.63) is 72.8 Å². The number of esters is 1. The minimum atomic E-state index is -3.17. The first-order valence-corrected chi connectivity index (χ1v) is 10.5. The molecule has 0 amide bonds. The molecule has 2 aromatic rings. The summed E-state index contributed by atoms with van der Waals surface area (Å²) in [6, 6.07) is 18.5. The fraction of sp³-hybridized carbons (Fsp3) is 0.286. The van der Waals surface area contributed by atoms with Gasteiger partial charge in [0.2, 0.25) is 0 Å². The van der Waals surface area contributed by atoms with Gasteiger partial charge in [0.05, 0.1) is 12.3 Å². The summed E-state index contributed by atoms with van der Waals surface area (Å²) in [5, 5.41) is 10.7. The van der Waals surface area contributed by atoms with Gasteiger partial charge in [-0.1, -0.05) is 79.7 Å². The van der Waals surface area contributed by atoms with Crippen LogP contribution in [0.3, 0.4) is 0 Å². The van der Waals surface area contributed by atoms with Gasteiger partial charge < -0.3 is 14.4 Å². The van der Waals surface area contributed by atoms with E-state index >= 15 is 0 Å². The molecule has 0 spiro atoms. The van der Waals surface area contributed by atoms with Crippen LogP contribution in [0.4, 0.5) is 0 Å². The molecular formula is C21H25O4P. The number of aliphatic hydroxyl groups excluding tert-OH is 1. The third kappa shape index (κ3) is 4.51. The van der Waals surface area contributed by atoms with E-state index in [0.29, 0.717) is 17.0 Å². The maximum absolute atomic E-state index is 14.5. The summed E-state index contributed by atoms with van der Waals surface area (Å²) >= 11 is 0. The van der Waals surface area contributed by atoms with Gasteiger partial charge in [-0.05, 0) is 6.42 Å². The van der Waals surface area contributed by atoms with Gasteiger partial charge in [0.25, 0.3) is 0 Å². The average molecular weight is 372 g/mol. The van der Waals surface area contributed by atoms with Crippen LogP contribution in [0.5, 0.6) is 0 Å². The number of hydrogen-bond acceptors (Lipinski definition) is 4. The first-order chi connectivity index (χ1) is 12.5. The Morgan fingerprint density at radius 2 is 1.58 bits per heavy atom. The van der Waals surface area contributed by atoms with Crippen molar-refractivity contribution >= 4 is 23.7 Å². The molecule has 2 atom stereocenters. The molecule has 0 aliphatic carbocycles. The van der Waals surface area contributed by atoms with Crippen LogP contribution in [0.15, 0.2) is 72.8 Å². The third-order valence-electron chi connectivity index (χ3n) is 4.24. The van der Waals surface area contributed by atoms with E-state index in [2.05, 4.69) is 0 Å². The van der Waals surface area contributed by atoms with Crippen molar-refractivity contribution in [2.45, 2.75) is 32.0 Å². The molecule has 0 heterocycles. The second-order valence-corrected chi connectivity index (χ2v) is 8.93. The van der Waals surface area contributed by atoms with Crippen LogP contribution < -0.4 is 10.6 Å². The molecule has 2 rings (SSSR count). The number of ether oxygens (including phenoxy) is 1.